The lowest BCUT2D eigenvalue weighted by molar-refractivity contribution is 0.567. The number of hydrogen-bond acceptors (Lipinski definition) is 2. The molecule has 0 bridgehead atoms. The highest BCUT2D eigenvalue weighted by Crippen LogP contribution is 2.21. The van der Waals surface area contributed by atoms with Crippen molar-refractivity contribution < 1.29 is 4.79 Å². The predicted octanol–water partition coefficient (Wildman–Crippen LogP) is 1.38. The van der Waals surface area contributed by atoms with E-state index in [2.05, 4.69) is 11.6 Å². The Kier molecular flexibility index (Phi) is 2.04. The molecule has 0 atom stereocenters. The molecule has 0 N–H and O–H groups in total. The van der Waals surface area contributed by atoms with E-state index in [9.17, 15) is 4.79 Å². The Morgan fingerprint density at radius 3 is 2.71 bits per heavy atom. The standard InChI is InChI=1S/C15H9NO/c1-2-11-10(9-17)7-8-13-12-5-3-4-6-14(12)16-15(11)13/h2-8H,1H2. The van der Waals surface area contributed by atoms with Gasteiger partial charge in [-0.05, 0) is 12.1 Å². The highest BCUT2D eigenvalue weighted by atomic mass is 16.1. The lowest BCUT2D eigenvalue weighted by Gasteiger charge is -1.97. The fraction of sp³-hybridized carbons (Fsp3) is 0. The first kappa shape index (κ1) is 9.76. The summed E-state index contributed by atoms with van der Waals surface area (Å²) in [6.07, 6.45) is 1.66. The van der Waals surface area contributed by atoms with Crippen molar-refractivity contribution in [2.75, 3.05) is 0 Å². The van der Waals surface area contributed by atoms with E-state index in [1.54, 1.807) is 12.1 Å². The van der Waals surface area contributed by atoms with Crippen LogP contribution in [0.4, 0.5) is 5.69 Å². The van der Waals surface area contributed by atoms with E-state index in [0.717, 1.165) is 27.0 Å². The molecule has 2 aromatic rings. The molecule has 2 aromatic carbocycles. The zero-order valence-electron chi connectivity index (χ0n) is 9.10. The lowest BCUT2D eigenvalue weighted by Crippen LogP contribution is -2.06. The summed E-state index contributed by atoms with van der Waals surface area (Å²) in [6.45, 7) is 3.74. The molecule has 1 aliphatic heterocycles. The first-order valence-electron chi connectivity index (χ1n) is 5.34. The molecule has 3 rings (SSSR count). The minimum absolute atomic E-state index is 0.510. The van der Waals surface area contributed by atoms with Gasteiger partial charge in [0.2, 0.25) is 0 Å². The number of carbonyl (C=O) groups excluding carboxylic acids is 1. The molecule has 0 saturated carbocycles. The van der Waals surface area contributed by atoms with Gasteiger partial charge in [-0.1, -0.05) is 36.9 Å². The molecule has 2 nitrogen and oxygen atoms in total. The highest BCUT2D eigenvalue weighted by Gasteiger charge is 2.08. The first-order valence-corrected chi connectivity index (χ1v) is 5.34. The van der Waals surface area contributed by atoms with E-state index in [1.165, 1.54) is 0 Å². The van der Waals surface area contributed by atoms with E-state index in [4.69, 9.17) is 0 Å². The molecule has 1 aliphatic rings. The second kappa shape index (κ2) is 3.55. The van der Waals surface area contributed by atoms with Crippen LogP contribution >= 0.6 is 0 Å². The van der Waals surface area contributed by atoms with Crippen LogP contribution in [-0.4, -0.2) is 5.94 Å². The van der Waals surface area contributed by atoms with Crippen LogP contribution in [0.2, 0.25) is 0 Å². The molecule has 0 saturated heterocycles. The van der Waals surface area contributed by atoms with E-state index in [1.807, 2.05) is 36.3 Å². The van der Waals surface area contributed by atoms with Crippen LogP contribution in [0.25, 0.3) is 6.08 Å². The summed E-state index contributed by atoms with van der Waals surface area (Å²) in [5.74, 6) is 1.92. The van der Waals surface area contributed by atoms with Crippen molar-refractivity contribution in [2.24, 2.45) is 4.99 Å². The number of nitrogens with zero attached hydrogens (tertiary/aromatic N) is 1. The van der Waals surface area contributed by atoms with Gasteiger partial charge >= 0.3 is 0 Å². The summed E-state index contributed by atoms with van der Waals surface area (Å²) in [4.78, 5) is 15.4. The number of benzene rings is 2. The maximum Gasteiger partial charge on any atom is 0.133 e. The van der Waals surface area contributed by atoms with Crippen LogP contribution < -0.4 is 10.6 Å². The maximum absolute atomic E-state index is 10.8. The third kappa shape index (κ3) is 1.28. The Labute approximate surface area is 97.6 Å². The topological polar surface area (TPSA) is 29.4 Å². The van der Waals surface area contributed by atoms with Gasteiger partial charge in [0.05, 0.1) is 16.3 Å². The molecule has 1 heterocycles. The zero-order chi connectivity index (χ0) is 11.8. The fourth-order valence-corrected chi connectivity index (χ4v) is 2.16. The SMILES string of the molecule is C=Cc1c2c(ccc1=C=O)=c1ccccc1=N2. The molecular weight excluding hydrogens is 210 g/mol. The van der Waals surface area contributed by atoms with Crippen molar-refractivity contribution in [3.05, 3.63) is 69.6 Å². The summed E-state index contributed by atoms with van der Waals surface area (Å²) >= 11 is 0. The Morgan fingerprint density at radius 1 is 1.12 bits per heavy atom. The molecule has 0 radical (unpaired) electrons. The molecule has 0 spiro atoms. The minimum atomic E-state index is 0.510. The van der Waals surface area contributed by atoms with Crippen LogP contribution in [0.15, 0.2) is 48.0 Å². The quantitative estimate of drug-likeness (QED) is 0.608. The monoisotopic (exact) mass is 219 g/mol. The Bertz CT molecular complexity index is 859. The summed E-state index contributed by atoms with van der Waals surface area (Å²) in [7, 11) is 0. The van der Waals surface area contributed by atoms with Crippen molar-refractivity contribution in [3.63, 3.8) is 0 Å². The molecule has 0 aliphatic carbocycles. The fourth-order valence-electron chi connectivity index (χ4n) is 2.16. The molecule has 0 amide bonds. The van der Waals surface area contributed by atoms with E-state index in [0.29, 0.717) is 5.22 Å². The average Bonchev–Trinajstić information content (AvgIpc) is 2.75. The molecule has 0 fully saturated rings. The number of hydrogen-bond donors (Lipinski definition) is 0. The third-order valence-electron chi connectivity index (χ3n) is 2.96. The van der Waals surface area contributed by atoms with Gasteiger partial charge in [-0.15, -0.1) is 0 Å². The number of rotatable bonds is 1. The maximum atomic E-state index is 10.8. The summed E-state index contributed by atoms with van der Waals surface area (Å²) in [5, 5.41) is 3.60. The van der Waals surface area contributed by atoms with Gasteiger partial charge in [0.15, 0.2) is 0 Å². The van der Waals surface area contributed by atoms with Crippen molar-refractivity contribution in [3.8, 4) is 0 Å². The van der Waals surface area contributed by atoms with Crippen LogP contribution in [0.3, 0.4) is 0 Å². The van der Waals surface area contributed by atoms with Crippen molar-refractivity contribution in [1.82, 2.24) is 0 Å². The minimum Gasteiger partial charge on any atom is -0.247 e. The van der Waals surface area contributed by atoms with Crippen molar-refractivity contribution in [2.45, 2.75) is 0 Å². The number of fused-ring (bicyclic) bond motifs is 2. The van der Waals surface area contributed by atoms with Crippen molar-refractivity contribution >= 4 is 17.7 Å². The molecule has 0 unspecified atom stereocenters. The van der Waals surface area contributed by atoms with Gasteiger partial charge in [0, 0.05) is 16.0 Å². The van der Waals surface area contributed by atoms with Crippen LogP contribution in [0.5, 0.6) is 0 Å². The molecule has 0 aromatic heterocycles. The van der Waals surface area contributed by atoms with E-state index < -0.39 is 0 Å². The molecule has 2 heteroatoms. The molecular formula is C15H9NO. The summed E-state index contributed by atoms with van der Waals surface area (Å²) in [6, 6.07) is 11.6. The van der Waals surface area contributed by atoms with Gasteiger partial charge in [0.25, 0.3) is 0 Å². The van der Waals surface area contributed by atoms with Gasteiger partial charge in [-0.25, -0.2) is 9.79 Å². The molecule has 17 heavy (non-hydrogen) atoms. The normalized spacial score (nSPS) is 11.1. The smallest absolute Gasteiger partial charge is 0.133 e. The van der Waals surface area contributed by atoms with Crippen LogP contribution in [0.1, 0.15) is 5.56 Å². The summed E-state index contributed by atoms with van der Waals surface area (Å²) < 4.78 is 0. The highest BCUT2D eigenvalue weighted by molar-refractivity contribution is 5.69. The van der Waals surface area contributed by atoms with Gasteiger partial charge in [-0.2, -0.15) is 0 Å². The second-order valence-corrected chi connectivity index (χ2v) is 3.86. The van der Waals surface area contributed by atoms with Crippen LogP contribution in [-0.2, 0) is 4.79 Å². The Balaban J connectivity index is 2.66. The van der Waals surface area contributed by atoms with Gasteiger partial charge in [-0.3, -0.25) is 0 Å². The molecule has 80 valence electrons. The summed E-state index contributed by atoms with van der Waals surface area (Å²) in [5.41, 5.74) is 1.58. The van der Waals surface area contributed by atoms with Gasteiger partial charge in [0.1, 0.15) is 5.94 Å². The van der Waals surface area contributed by atoms with Gasteiger partial charge < -0.3 is 0 Å². The first-order chi connectivity index (χ1) is 8.35. The average molecular weight is 219 g/mol. The Hall–Kier alpha value is -2.44. The zero-order valence-corrected chi connectivity index (χ0v) is 9.10. The largest absolute Gasteiger partial charge is 0.247 e. The predicted molar refractivity (Wildman–Crippen MR) is 65.9 cm³/mol. The van der Waals surface area contributed by atoms with E-state index in [-0.39, 0.29) is 0 Å². The lowest BCUT2D eigenvalue weighted by atomic mass is 10.1. The number of para-hydroxylation sites is 1. The van der Waals surface area contributed by atoms with E-state index >= 15 is 0 Å². The van der Waals surface area contributed by atoms with Crippen LogP contribution in [0, 0.1) is 10.4 Å². The Morgan fingerprint density at radius 2 is 1.94 bits per heavy atom. The second-order valence-electron chi connectivity index (χ2n) is 3.86. The third-order valence-corrected chi connectivity index (χ3v) is 2.96. The van der Waals surface area contributed by atoms with Crippen molar-refractivity contribution in [1.29, 1.82) is 0 Å².